The maximum Gasteiger partial charge on any atom is 0.409 e. The summed E-state index contributed by atoms with van der Waals surface area (Å²) in [7, 11) is 0. The number of hydrogen-bond donors (Lipinski definition) is 5. The fraction of sp³-hybridized carbons (Fsp3) is 0.500. The van der Waals surface area contributed by atoms with E-state index in [9.17, 15) is 9.59 Å². The van der Waals surface area contributed by atoms with E-state index in [1.807, 2.05) is 19.9 Å². The van der Waals surface area contributed by atoms with Gasteiger partial charge in [0.05, 0.1) is 0 Å². The molecule has 0 aromatic heterocycles. The quantitative estimate of drug-likeness (QED) is 0.453. The summed E-state index contributed by atoms with van der Waals surface area (Å²) in [5.41, 5.74) is 20.8. The summed E-state index contributed by atoms with van der Waals surface area (Å²) in [5, 5.41) is 3.08. The van der Waals surface area contributed by atoms with Gasteiger partial charge in [0.1, 0.15) is 5.75 Å². The second kappa shape index (κ2) is 10.2. The zero-order chi connectivity index (χ0) is 19.1. The van der Waals surface area contributed by atoms with Crippen molar-refractivity contribution < 1.29 is 14.3 Å². The molecule has 1 aromatic rings. The maximum atomic E-state index is 10.4. The molecule has 2 aliphatic rings. The van der Waals surface area contributed by atoms with Crippen LogP contribution in [0.1, 0.15) is 13.8 Å². The zero-order valence-electron chi connectivity index (χ0n) is 15.1. The van der Waals surface area contributed by atoms with Gasteiger partial charge in [-0.15, -0.1) is 12.4 Å². The van der Waals surface area contributed by atoms with Crippen LogP contribution < -0.4 is 33.0 Å². The zero-order valence-corrected chi connectivity index (χ0v) is 15.9. The van der Waals surface area contributed by atoms with Crippen molar-refractivity contribution in [3.63, 3.8) is 0 Å². The second-order valence-electron chi connectivity index (χ2n) is 6.84. The minimum absolute atomic E-state index is 0. The Hall–Kier alpha value is -2.07. The number of primary amides is 2. The van der Waals surface area contributed by atoms with Crippen molar-refractivity contribution in [1.82, 2.24) is 10.2 Å². The monoisotopic (exact) mass is 388 g/mol. The van der Waals surface area contributed by atoms with Crippen molar-refractivity contribution in [3.05, 3.63) is 30.3 Å². The van der Waals surface area contributed by atoms with Gasteiger partial charge in [-0.2, -0.15) is 0 Å². The van der Waals surface area contributed by atoms with Gasteiger partial charge in [-0.3, -0.25) is 0 Å². The number of hydrogen-bond acceptors (Lipinski definition) is 6. The molecule has 0 spiro atoms. The largest absolute Gasteiger partial charge is 0.411 e. The fourth-order valence-corrected chi connectivity index (χ4v) is 2.11. The van der Waals surface area contributed by atoms with Gasteiger partial charge >= 0.3 is 12.1 Å². The molecule has 10 heteroatoms. The van der Waals surface area contributed by atoms with Crippen molar-refractivity contribution in [3.8, 4) is 5.75 Å². The van der Waals surface area contributed by atoms with Crippen molar-refractivity contribution in [2.75, 3.05) is 26.2 Å². The Labute approximate surface area is 159 Å². The Kier molecular flexibility index (Phi) is 9.36. The number of para-hydroxylation sites is 1. The number of amides is 3. The van der Waals surface area contributed by atoms with E-state index in [1.54, 1.807) is 24.3 Å². The van der Waals surface area contributed by atoms with E-state index in [-0.39, 0.29) is 29.5 Å². The third-order valence-corrected chi connectivity index (χ3v) is 3.44. The van der Waals surface area contributed by atoms with Crippen molar-refractivity contribution >= 4 is 24.5 Å². The van der Waals surface area contributed by atoms with Gasteiger partial charge in [-0.05, 0) is 26.0 Å². The lowest BCUT2D eigenvalue weighted by atomic mass is 9.94. The van der Waals surface area contributed by atoms with Crippen LogP contribution in [-0.4, -0.2) is 54.3 Å². The molecule has 0 radical (unpaired) electrons. The number of nitrogens with two attached hydrogens (primary N) is 4. The van der Waals surface area contributed by atoms with E-state index in [1.165, 1.54) is 4.90 Å². The smallest absolute Gasteiger partial charge is 0.409 e. The normalized spacial score (nSPS) is 18.1. The highest BCUT2D eigenvalue weighted by Crippen LogP contribution is 2.15. The summed E-state index contributed by atoms with van der Waals surface area (Å²) in [6, 6.07) is 8.29. The molecule has 26 heavy (non-hydrogen) atoms. The number of urea groups is 1. The van der Waals surface area contributed by atoms with Gasteiger partial charge in [0.15, 0.2) is 0 Å². The van der Waals surface area contributed by atoms with Crippen LogP contribution in [0.5, 0.6) is 5.75 Å². The first kappa shape index (κ1) is 23.9. The van der Waals surface area contributed by atoms with Crippen LogP contribution in [0.3, 0.4) is 0 Å². The van der Waals surface area contributed by atoms with Crippen LogP contribution in [-0.2, 0) is 0 Å². The Balaban J connectivity index is 0.000000364. The summed E-state index contributed by atoms with van der Waals surface area (Å²) < 4.78 is 4.55. The molecule has 0 saturated carbocycles. The number of nitrogens with zero attached hydrogens (tertiary/aromatic N) is 1. The van der Waals surface area contributed by atoms with Crippen LogP contribution in [0.2, 0.25) is 0 Å². The van der Waals surface area contributed by atoms with Gasteiger partial charge in [-0.1, -0.05) is 18.2 Å². The predicted molar refractivity (Wildman–Crippen MR) is 103 cm³/mol. The number of nitrogens with one attached hydrogen (secondary N) is 1. The van der Waals surface area contributed by atoms with E-state index in [0.29, 0.717) is 18.8 Å². The van der Waals surface area contributed by atoms with Crippen LogP contribution in [0.4, 0.5) is 9.59 Å². The summed E-state index contributed by atoms with van der Waals surface area (Å²) >= 11 is 0. The SMILES string of the molecule is CC1(N)CN(C(N)=O)C1.CC1(N)CNC1.Cl.NC(=O)Oc1ccccc1. The molecule has 9 N–H and O–H groups in total. The molecule has 3 amide bonds. The molecular weight excluding hydrogens is 360 g/mol. The van der Waals surface area contributed by atoms with E-state index in [2.05, 4.69) is 10.1 Å². The highest BCUT2D eigenvalue weighted by atomic mass is 35.5. The Morgan fingerprint density at radius 2 is 1.50 bits per heavy atom. The average molecular weight is 389 g/mol. The van der Waals surface area contributed by atoms with Gasteiger partial charge in [-0.25, -0.2) is 9.59 Å². The summed E-state index contributed by atoms with van der Waals surface area (Å²) in [6.45, 7) is 7.07. The number of likely N-dealkylation sites (tertiary alicyclic amines) is 1. The molecular formula is C16H29ClN6O3. The van der Waals surface area contributed by atoms with Gasteiger partial charge in [0, 0.05) is 37.3 Å². The summed E-state index contributed by atoms with van der Waals surface area (Å²) in [4.78, 5) is 22.0. The number of halogens is 1. The van der Waals surface area contributed by atoms with E-state index in [0.717, 1.165) is 13.1 Å². The second-order valence-corrected chi connectivity index (χ2v) is 6.84. The summed E-state index contributed by atoms with van der Waals surface area (Å²) in [5.74, 6) is 0.468. The molecule has 1 aromatic carbocycles. The molecule has 0 bridgehead atoms. The lowest BCUT2D eigenvalue weighted by molar-refractivity contribution is 0.114. The lowest BCUT2D eigenvalue weighted by Gasteiger charge is -2.44. The Bertz CT molecular complexity index is 569. The average Bonchev–Trinajstić information content (AvgIpc) is 2.45. The van der Waals surface area contributed by atoms with Crippen LogP contribution in [0.25, 0.3) is 0 Å². The van der Waals surface area contributed by atoms with E-state index < -0.39 is 6.09 Å². The topological polar surface area (TPSA) is 163 Å². The van der Waals surface area contributed by atoms with E-state index in [4.69, 9.17) is 22.9 Å². The Morgan fingerprint density at radius 1 is 1.04 bits per heavy atom. The minimum Gasteiger partial charge on any atom is -0.411 e. The number of benzene rings is 1. The van der Waals surface area contributed by atoms with Gasteiger partial charge < -0.3 is 37.9 Å². The predicted octanol–water partition coefficient (Wildman–Crippen LogP) is -0.0290. The van der Waals surface area contributed by atoms with Gasteiger partial charge in [0.25, 0.3) is 0 Å². The third-order valence-electron chi connectivity index (χ3n) is 3.44. The molecule has 2 saturated heterocycles. The van der Waals surface area contributed by atoms with Crippen LogP contribution in [0, 0.1) is 0 Å². The molecule has 2 fully saturated rings. The third kappa shape index (κ3) is 9.42. The molecule has 9 nitrogen and oxygen atoms in total. The Morgan fingerprint density at radius 3 is 1.73 bits per heavy atom. The first-order chi connectivity index (χ1) is 11.5. The first-order valence-electron chi connectivity index (χ1n) is 7.86. The van der Waals surface area contributed by atoms with E-state index >= 15 is 0 Å². The fourth-order valence-electron chi connectivity index (χ4n) is 2.11. The molecule has 0 unspecified atom stereocenters. The molecule has 2 aliphatic heterocycles. The molecule has 0 aliphatic carbocycles. The van der Waals surface area contributed by atoms with Gasteiger partial charge in [0.2, 0.25) is 0 Å². The van der Waals surface area contributed by atoms with Crippen LogP contribution >= 0.6 is 12.4 Å². The minimum atomic E-state index is -0.786. The molecule has 3 rings (SSSR count). The number of carbonyl (C=O) groups is 2. The number of carbonyl (C=O) groups excluding carboxylic acids is 2. The molecule has 0 atom stereocenters. The van der Waals surface area contributed by atoms with Crippen molar-refractivity contribution in [2.24, 2.45) is 22.9 Å². The standard InChI is InChI=1S/C7H7NO2.C5H11N3O.C4H10N2.ClH/c8-7(9)10-6-4-2-1-3-5-6;1-5(7)2-8(3-5)4(6)9;1-4(5)2-6-3-4;/h1-5H,(H2,8,9);2-3,7H2,1H3,(H2,6,9);6H,2-3,5H2,1H3;1H. The number of ether oxygens (including phenoxy) is 1. The highest BCUT2D eigenvalue weighted by Gasteiger charge is 2.36. The van der Waals surface area contributed by atoms with Crippen molar-refractivity contribution in [1.29, 1.82) is 0 Å². The highest BCUT2D eigenvalue weighted by molar-refractivity contribution is 5.85. The lowest BCUT2D eigenvalue weighted by Crippen LogP contribution is -2.67. The van der Waals surface area contributed by atoms with Crippen molar-refractivity contribution in [2.45, 2.75) is 24.9 Å². The maximum absolute atomic E-state index is 10.4. The number of rotatable bonds is 1. The first-order valence-corrected chi connectivity index (χ1v) is 7.86. The summed E-state index contributed by atoms with van der Waals surface area (Å²) in [6.07, 6.45) is -0.786. The van der Waals surface area contributed by atoms with Crippen LogP contribution in [0.15, 0.2) is 30.3 Å². The molecule has 2 heterocycles. The molecule has 148 valence electrons.